The van der Waals surface area contributed by atoms with E-state index in [2.05, 4.69) is 21.2 Å². The van der Waals surface area contributed by atoms with E-state index in [9.17, 15) is 4.39 Å². The second-order valence-corrected chi connectivity index (χ2v) is 4.80. The molecule has 4 heteroatoms. The molecule has 17 heavy (non-hydrogen) atoms. The number of halogens is 2. The lowest BCUT2D eigenvalue weighted by Gasteiger charge is -2.06. The van der Waals surface area contributed by atoms with E-state index in [1.807, 2.05) is 7.05 Å². The molecule has 0 spiro atoms. The minimum Gasteiger partial charge on any atom is -0.493 e. The molecule has 1 aromatic rings. The smallest absolute Gasteiger partial charge is 0.141 e. The van der Waals surface area contributed by atoms with Gasteiger partial charge in [0.25, 0.3) is 0 Å². The van der Waals surface area contributed by atoms with Gasteiger partial charge in [0.05, 0.1) is 11.1 Å². The molecule has 0 amide bonds. The molecule has 0 aliphatic rings. The molecule has 0 bridgehead atoms. The lowest BCUT2D eigenvalue weighted by Crippen LogP contribution is -2.07. The van der Waals surface area contributed by atoms with Crippen molar-refractivity contribution < 1.29 is 9.13 Å². The van der Waals surface area contributed by atoms with Crippen LogP contribution in [-0.4, -0.2) is 20.2 Å². The normalized spacial score (nSPS) is 10.5. The Hall–Kier alpha value is -0.610. The van der Waals surface area contributed by atoms with Crippen molar-refractivity contribution in [2.45, 2.75) is 25.7 Å². The molecule has 0 atom stereocenters. The van der Waals surface area contributed by atoms with Crippen molar-refractivity contribution >= 4 is 15.9 Å². The molecular formula is C13H19BrFNO. The van der Waals surface area contributed by atoms with Crippen LogP contribution in [0.5, 0.6) is 5.75 Å². The molecule has 2 nitrogen and oxygen atoms in total. The van der Waals surface area contributed by atoms with Crippen LogP contribution < -0.4 is 10.1 Å². The van der Waals surface area contributed by atoms with Crippen LogP contribution in [0.4, 0.5) is 4.39 Å². The third-order valence-corrected chi connectivity index (χ3v) is 3.12. The summed E-state index contributed by atoms with van der Waals surface area (Å²) in [5.74, 6) is 0.317. The quantitative estimate of drug-likeness (QED) is 0.739. The van der Waals surface area contributed by atoms with E-state index >= 15 is 0 Å². The van der Waals surface area contributed by atoms with Gasteiger partial charge in [-0.3, -0.25) is 0 Å². The van der Waals surface area contributed by atoms with Crippen LogP contribution >= 0.6 is 15.9 Å². The molecule has 96 valence electrons. The van der Waals surface area contributed by atoms with Gasteiger partial charge in [-0.1, -0.05) is 12.8 Å². The number of hydrogen-bond acceptors (Lipinski definition) is 2. The highest BCUT2D eigenvalue weighted by Gasteiger charge is 2.01. The van der Waals surface area contributed by atoms with E-state index in [4.69, 9.17) is 4.74 Å². The lowest BCUT2D eigenvalue weighted by atomic mass is 10.2. The second-order valence-electron chi connectivity index (χ2n) is 3.94. The van der Waals surface area contributed by atoms with Gasteiger partial charge in [0.2, 0.25) is 0 Å². The number of unbranched alkanes of at least 4 members (excludes halogenated alkanes) is 3. The van der Waals surface area contributed by atoms with E-state index < -0.39 is 0 Å². The molecule has 0 unspecified atom stereocenters. The summed E-state index contributed by atoms with van der Waals surface area (Å²) in [7, 11) is 1.96. The van der Waals surface area contributed by atoms with Crippen LogP contribution in [-0.2, 0) is 0 Å². The predicted molar refractivity (Wildman–Crippen MR) is 72.0 cm³/mol. The van der Waals surface area contributed by atoms with Crippen LogP contribution in [0.2, 0.25) is 0 Å². The minimum absolute atomic E-state index is 0.281. The van der Waals surface area contributed by atoms with E-state index in [-0.39, 0.29) is 5.82 Å². The van der Waals surface area contributed by atoms with Crippen molar-refractivity contribution in [3.8, 4) is 5.75 Å². The largest absolute Gasteiger partial charge is 0.493 e. The fourth-order valence-corrected chi connectivity index (χ4v) is 1.76. The third-order valence-electron chi connectivity index (χ3n) is 2.48. The summed E-state index contributed by atoms with van der Waals surface area (Å²) in [5, 5.41) is 3.12. The molecule has 0 heterocycles. The number of benzene rings is 1. The molecule has 1 aromatic carbocycles. The van der Waals surface area contributed by atoms with Gasteiger partial charge in [0, 0.05) is 6.07 Å². The molecule has 0 radical (unpaired) electrons. The van der Waals surface area contributed by atoms with Crippen LogP contribution in [0.1, 0.15) is 25.7 Å². The van der Waals surface area contributed by atoms with E-state index in [0.29, 0.717) is 16.8 Å². The zero-order valence-corrected chi connectivity index (χ0v) is 11.7. The zero-order valence-electron chi connectivity index (χ0n) is 10.1. The summed E-state index contributed by atoms with van der Waals surface area (Å²) >= 11 is 3.11. The summed E-state index contributed by atoms with van der Waals surface area (Å²) in [6, 6.07) is 4.84. The molecule has 0 fully saturated rings. The Morgan fingerprint density at radius 1 is 1.24 bits per heavy atom. The molecule has 0 aliphatic heterocycles. The Morgan fingerprint density at radius 2 is 2.00 bits per heavy atom. The van der Waals surface area contributed by atoms with Crippen molar-refractivity contribution in [2.24, 2.45) is 0 Å². The van der Waals surface area contributed by atoms with Gasteiger partial charge in [0.1, 0.15) is 11.6 Å². The first-order valence-electron chi connectivity index (χ1n) is 5.96. The Labute approximate surface area is 111 Å². The van der Waals surface area contributed by atoms with Crippen LogP contribution in [0, 0.1) is 5.82 Å². The maximum atomic E-state index is 13.2. The summed E-state index contributed by atoms with van der Waals surface area (Å²) in [6.07, 6.45) is 4.57. The van der Waals surface area contributed by atoms with Crippen molar-refractivity contribution in [2.75, 3.05) is 20.2 Å². The Balaban J connectivity index is 2.11. The van der Waals surface area contributed by atoms with Gasteiger partial charge >= 0.3 is 0 Å². The van der Waals surface area contributed by atoms with Crippen molar-refractivity contribution in [3.05, 3.63) is 28.5 Å². The maximum Gasteiger partial charge on any atom is 0.141 e. The lowest BCUT2D eigenvalue weighted by molar-refractivity contribution is 0.303. The number of nitrogens with one attached hydrogen (secondary N) is 1. The first-order valence-corrected chi connectivity index (χ1v) is 6.76. The van der Waals surface area contributed by atoms with Crippen molar-refractivity contribution in [1.29, 1.82) is 0 Å². The average molecular weight is 304 g/mol. The van der Waals surface area contributed by atoms with E-state index in [1.165, 1.54) is 18.9 Å². The minimum atomic E-state index is -0.281. The van der Waals surface area contributed by atoms with Crippen LogP contribution in [0.15, 0.2) is 22.7 Å². The number of hydrogen-bond donors (Lipinski definition) is 1. The fourth-order valence-electron chi connectivity index (χ4n) is 1.51. The fraction of sp³-hybridized carbons (Fsp3) is 0.538. The topological polar surface area (TPSA) is 21.3 Å². The van der Waals surface area contributed by atoms with Crippen LogP contribution in [0.25, 0.3) is 0 Å². The Kier molecular flexibility index (Phi) is 7.21. The Morgan fingerprint density at radius 3 is 2.71 bits per heavy atom. The van der Waals surface area contributed by atoms with Crippen LogP contribution in [0.3, 0.4) is 0 Å². The van der Waals surface area contributed by atoms with Gasteiger partial charge in [-0.05, 0) is 54.5 Å². The number of ether oxygens (including phenoxy) is 1. The van der Waals surface area contributed by atoms with Gasteiger partial charge in [0.15, 0.2) is 0 Å². The summed E-state index contributed by atoms with van der Waals surface area (Å²) in [4.78, 5) is 0. The summed E-state index contributed by atoms with van der Waals surface area (Å²) < 4.78 is 19.1. The Bertz CT molecular complexity index is 333. The van der Waals surface area contributed by atoms with Gasteiger partial charge in [-0.25, -0.2) is 4.39 Å². The molecule has 0 aromatic heterocycles. The third kappa shape index (κ3) is 6.03. The highest BCUT2D eigenvalue weighted by molar-refractivity contribution is 9.10. The predicted octanol–water partition coefficient (Wildman–Crippen LogP) is 3.75. The average Bonchev–Trinajstić information content (AvgIpc) is 2.32. The van der Waals surface area contributed by atoms with Gasteiger partial charge in [-0.2, -0.15) is 0 Å². The molecule has 0 saturated carbocycles. The second kappa shape index (κ2) is 8.48. The summed E-state index contributed by atoms with van der Waals surface area (Å²) in [6.45, 7) is 1.72. The molecular weight excluding hydrogens is 285 g/mol. The van der Waals surface area contributed by atoms with Crippen molar-refractivity contribution in [1.82, 2.24) is 5.32 Å². The van der Waals surface area contributed by atoms with Gasteiger partial charge in [-0.15, -0.1) is 0 Å². The first-order chi connectivity index (χ1) is 8.24. The maximum absolute atomic E-state index is 13.2. The van der Waals surface area contributed by atoms with Crippen molar-refractivity contribution in [3.63, 3.8) is 0 Å². The van der Waals surface area contributed by atoms with E-state index in [0.717, 1.165) is 19.4 Å². The molecule has 0 aliphatic carbocycles. The van der Waals surface area contributed by atoms with E-state index in [1.54, 1.807) is 12.1 Å². The molecule has 0 saturated heterocycles. The molecule has 1 rings (SSSR count). The SMILES string of the molecule is CNCCCCCCOc1ccc(Br)c(F)c1. The zero-order chi connectivity index (χ0) is 12.5. The first kappa shape index (κ1) is 14.5. The molecule has 1 N–H and O–H groups in total. The monoisotopic (exact) mass is 303 g/mol. The summed E-state index contributed by atoms with van der Waals surface area (Å²) in [5.41, 5.74) is 0. The highest BCUT2D eigenvalue weighted by atomic mass is 79.9. The standard InChI is InChI=1S/C13H19BrFNO/c1-16-8-4-2-3-5-9-17-11-6-7-12(14)13(15)10-11/h6-7,10,16H,2-5,8-9H2,1H3. The van der Waals surface area contributed by atoms with Gasteiger partial charge < -0.3 is 10.1 Å². The highest BCUT2D eigenvalue weighted by Crippen LogP contribution is 2.21. The number of rotatable bonds is 8.